The van der Waals surface area contributed by atoms with E-state index in [0.29, 0.717) is 0 Å². The van der Waals surface area contributed by atoms with Crippen molar-refractivity contribution in [2.24, 2.45) is 0 Å². The molecule has 0 radical (unpaired) electrons. The van der Waals surface area contributed by atoms with Gasteiger partial charge in [-0.15, -0.1) is 22.7 Å². The van der Waals surface area contributed by atoms with E-state index >= 15 is 0 Å². The molecule has 0 atom stereocenters. The van der Waals surface area contributed by atoms with Crippen molar-refractivity contribution in [3.63, 3.8) is 0 Å². The van der Waals surface area contributed by atoms with Crippen LogP contribution in [0.1, 0.15) is 51.3 Å². The molecule has 0 fully saturated rings. The van der Waals surface area contributed by atoms with Gasteiger partial charge < -0.3 is 8.83 Å². The molecule has 0 saturated carbocycles. The van der Waals surface area contributed by atoms with Gasteiger partial charge in [0.2, 0.25) is 0 Å². The van der Waals surface area contributed by atoms with Gasteiger partial charge in [0.25, 0.3) is 0 Å². The van der Waals surface area contributed by atoms with Gasteiger partial charge in [-0.25, -0.2) is 0 Å². The van der Waals surface area contributed by atoms with E-state index in [0.717, 1.165) is 39.8 Å². The molecule has 4 aromatic heterocycles. The Kier molecular flexibility index (Phi) is 7.54. The van der Waals surface area contributed by atoms with Crippen molar-refractivity contribution in [3.05, 3.63) is 143 Å². The van der Waals surface area contributed by atoms with Crippen LogP contribution in [0.5, 0.6) is 0 Å². The van der Waals surface area contributed by atoms with Gasteiger partial charge in [-0.3, -0.25) is 0 Å². The van der Waals surface area contributed by atoms with Crippen LogP contribution in [0, 0.1) is 0 Å². The first kappa shape index (κ1) is 30.7. The molecule has 0 amide bonds. The SMILES string of the molecule is CC(C)(C)c1ccc2c(-c3cccs3)cc(CC(C)(C)c3ccc4c(-c5ccco5)cccc4c3-c3ccco3)cc2c1-c1cccs1. The Balaban J connectivity index is 1.34. The normalized spacial score (nSPS) is 12.4. The zero-order valence-corrected chi connectivity index (χ0v) is 29.6. The van der Waals surface area contributed by atoms with E-state index in [-0.39, 0.29) is 10.8 Å². The average molecular weight is 663 g/mol. The van der Waals surface area contributed by atoms with Crippen molar-refractivity contribution in [1.82, 2.24) is 0 Å². The largest absolute Gasteiger partial charge is 0.464 e. The smallest absolute Gasteiger partial charge is 0.134 e. The molecule has 8 rings (SSSR count). The Labute approximate surface area is 290 Å². The predicted octanol–water partition coefficient (Wildman–Crippen LogP) is 13.8. The average Bonchev–Trinajstić information content (AvgIpc) is 3.91. The zero-order chi connectivity index (χ0) is 33.0. The highest BCUT2D eigenvalue weighted by Crippen LogP contribution is 2.46. The molecule has 0 unspecified atom stereocenters. The Morgan fingerprint density at radius 1 is 0.521 bits per heavy atom. The van der Waals surface area contributed by atoms with E-state index in [4.69, 9.17) is 8.83 Å². The molecule has 0 aliphatic carbocycles. The molecule has 4 heterocycles. The van der Waals surface area contributed by atoms with E-state index in [2.05, 4.69) is 130 Å². The second kappa shape index (κ2) is 11.8. The van der Waals surface area contributed by atoms with Gasteiger partial charge in [0.15, 0.2) is 0 Å². The Morgan fingerprint density at radius 3 is 1.83 bits per heavy atom. The Bertz CT molecular complexity index is 2350. The first-order chi connectivity index (χ1) is 23.2. The van der Waals surface area contributed by atoms with Crippen molar-refractivity contribution in [3.8, 4) is 43.5 Å². The van der Waals surface area contributed by atoms with Crippen LogP contribution in [0.4, 0.5) is 0 Å². The highest BCUT2D eigenvalue weighted by atomic mass is 32.1. The monoisotopic (exact) mass is 662 g/mol. The topological polar surface area (TPSA) is 26.3 Å². The van der Waals surface area contributed by atoms with Crippen LogP contribution in [0.25, 0.3) is 65.1 Å². The Hall–Kier alpha value is -4.64. The summed E-state index contributed by atoms with van der Waals surface area (Å²) >= 11 is 3.64. The lowest BCUT2D eigenvalue weighted by Gasteiger charge is -2.30. The summed E-state index contributed by atoms with van der Waals surface area (Å²) in [5.41, 5.74) is 8.65. The standard InChI is InChI=1S/C44H38O2S2/c1-43(2,3)35-19-17-30-33(39-15-9-23-47-39)25-28(26-34(30)42(35)40-16-10-24-48-40)27-44(4,5)36-20-18-29-31(37-13-7-21-45-37)11-6-12-32(29)41(36)38-14-8-22-46-38/h6-26H,27H2,1-5H3. The van der Waals surface area contributed by atoms with Gasteiger partial charge in [0, 0.05) is 26.4 Å². The molecule has 0 aliphatic heterocycles. The molecule has 0 saturated heterocycles. The number of hydrogen-bond acceptors (Lipinski definition) is 4. The molecule has 0 N–H and O–H groups in total. The first-order valence-electron chi connectivity index (χ1n) is 16.5. The van der Waals surface area contributed by atoms with Crippen LogP contribution in [-0.4, -0.2) is 0 Å². The van der Waals surface area contributed by atoms with Crippen molar-refractivity contribution in [2.75, 3.05) is 0 Å². The van der Waals surface area contributed by atoms with Gasteiger partial charge in [-0.05, 0) is 114 Å². The molecule has 4 heteroatoms. The van der Waals surface area contributed by atoms with Gasteiger partial charge >= 0.3 is 0 Å². The maximum absolute atomic E-state index is 6.15. The number of benzene rings is 4. The van der Waals surface area contributed by atoms with Crippen LogP contribution in [0.15, 0.2) is 135 Å². The fourth-order valence-electron chi connectivity index (χ4n) is 7.40. The highest BCUT2D eigenvalue weighted by Gasteiger charge is 2.29. The maximum Gasteiger partial charge on any atom is 0.134 e. The third-order valence-electron chi connectivity index (χ3n) is 9.55. The molecule has 48 heavy (non-hydrogen) atoms. The van der Waals surface area contributed by atoms with Crippen LogP contribution < -0.4 is 0 Å². The van der Waals surface area contributed by atoms with Crippen molar-refractivity contribution in [1.29, 1.82) is 0 Å². The van der Waals surface area contributed by atoms with Gasteiger partial charge in [0.1, 0.15) is 11.5 Å². The van der Waals surface area contributed by atoms with Crippen LogP contribution in [0.2, 0.25) is 0 Å². The summed E-state index contributed by atoms with van der Waals surface area (Å²) < 4.78 is 12.0. The fraction of sp³-hybridized carbons (Fsp3) is 0.182. The number of fused-ring (bicyclic) bond motifs is 2. The number of hydrogen-bond donors (Lipinski definition) is 0. The molecule has 0 bridgehead atoms. The summed E-state index contributed by atoms with van der Waals surface area (Å²) in [6.07, 6.45) is 4.38. The minimum Gasteiger partial charge on any atom is -0.464 e. The maximum atomic E-state index is 6.15. The minimum atomic E-state index is -0.220. The summed E-state index contributed by atoms with van der Waals surface area (Å²) in [6, 6.07) is 37.6. The molecule has 0 spiro atoms. The van der Waals surface area contributed by atoms with Gasteiger partial charge in [0.05, 0.1) is 12.5 Å². The third-order valence-corrected chi connectivity index (χ3v) is 11.3. The lowest BCUT2D eigenvalue weighted by atomic mass is 9.74. The van der Waals surface area contributed by atoms with E-state index in [1.54, 1.807) is 12.5 Å². The summed E-state index contributed by atoms with van der Waals surface area (Å²) in [4.78, 5) is 2.62. The van der Waals surface area contributed by atoms with Gasteiger partial charge in [-0.1, -0.05) is 95.3 Å². The lowest BCUT2D eigenvalue weighted by molar-refractivity contribution is 0.520. The predicted molar refractivity (Wildman–Crippen MR) is 205 cm³/mol. The molecule has 4 aromatic carbocycles. The van der Waals surface area contributed by atoms with E-state index in [1.165, 1.54) is 48.3 Å². The van der Waals surface area contributed by atoms with Crippen LogP contribution in [0.3, 0.4) is 0 Å². The molecule has 8 aromatic rings. The van der Waals surface area contributed by atoms with Crippen molar-refractivity contribution >= 4 is 44.2 Å². The molecule has 2 nitrogen and oxygen atoms in total. The van der Waals surface area contributed by atoms with Crippen LogP contribution in [-0.2, 0) is 17.3 Å². The summed E-state index contributed by atoms with van der Waals surface area (Å²) in [7, 11) is 0. The van der Waals surface area contributed by atoms with Crippen molar-refractivity contribution in [2.45, 2.75) is 51.9 Å². The molecule has 0 aliphatic rings. The van der Waals surface area contributed by atoms with E-state index < -0.39 is 0 Å². The zero-order valence-electron chi connectivity index (χ0n) is 28.0. The minimum absolute atomic E-state index is 0.00339. The summed E-state index contributed by atoms with van der Waals surface area (Å²) in [5.74, 6) is 1.75. The first-order valence-corrected chi connectivity index (χ1v) is 18.3. The highest BCUT2D eigenvalue weighted by molar-refractivity contribution is 7.14. The van der Waals surface area contributed by atoms with Gasteiger partial charge in [-0.2, -0.15) is 0 Å². The number of furan rings is 2. The molecular formula is C44H38O2S2. The number of rotatable bonds is 7. The fourth-order valence-corrected chi connectivity index (χ4v) is 8.96. The molecule has 238 valence electrons. The van der Waals surface area contributed by atoms with E-state index in [1.807, 2.05) is 40.9 Å². The number of thiophene rings is 2. The van der Waals surface area contributed by atoms with Crippen molar-refractivity contribution < 1.29 is 8.83 Å². The second-order valence-electron chi connectivity index (χ2n) is 14.3. The third kappa shape index (κ3) is 5.34. The second-order valence-corrected chi connectivity index (χ2v) is 16.2. The summed E-state index contributed by atoms with van der Waals surface area (Å²) in [6.45, 7) is 11.7. The summed E-state index contributed by atoms with van der Waals surface area (Å²) in [5, 5.41) is 9.33. The van der Waals surface area contributed by atoms with Crippen LogP contribution >= 0.6 is 22.7 Å². The molecular weight excluding hydrogens is 625 g/mol. The van der Waals surface area contributed by atoms with E-state index in [9.17, 15) is 0 Å². The lowest BCUT2D eigenvalue weighted by Crippen LogP contribution is -2.22. The Morgan fingerprint density at radius 2 is 1.19 bits per heavy atom. The quantitative estimate of drug-likeness (QED) is 0.170.